The van der Waals surface area contributed by atoms with Gasteiger partial charge in [-0.3, -0.25) is 4.90 Å². The van der Waals surface area contributed by atoms with Crippen molar-refractivity contribution in [3.8, 4) is 0 Å². The highest BCUT2D eigenvalue weighted by atomic mass is 15.2. The van der Waals surface area contributed by atoms with Crippen LogP contribution in [0.15, 0.2) is 59.8 Å². The van der Waals surface area contributed by atoms with E-state index in [0.29, 0.717) is 12.1 Å². The maximum Gasteiger partial charge on any atom is 0.0543 e. The first-order chi connectivity index (χ1) is 6.88. The Morgan fingerprint density at radius 1 is 0.857 bits per heavy atom. The summed E-state index contributed by atoms with van der Waals surface area (Å²) >= 11 is 0. The molecular weight excluding hydrogens is 170 g/mol. The highest BCUT2D eigenvalue weighted by Crippen LogP contribution is 2.35. The second kappa shape index (κ2) is 2.82. The lowest BCUT2D eigenvalue weighted by molar-refractivity contribution is 0.318. The van der Waals surface area contributed by atoms with Gasteiger partial charge in [-0.15, -0.1) is 0 Å². The Balaban J connectivity index is 2.14. The van der Waals surface area contributed by atoms with Crippen molar-refractivity contribution >= 4 is 0 Å². The summed E-state index contributed by atoms with van der Waals surface area (Å²) in [4.78, 5) is 2.41. The predicted molar refractivity (Wildman–Crippen MR) is 58.9 cm³/mol. The second-order valence-corrected chi connectivity index (χ2v) is 3.95. The van der Waals surface area contributed by atoms with Crippen molar-refractivity contribution in [1.82, 2.24) is 4.90 Å². The molecule has 0 aromatic heterocycles. The van der Waals surface area contributed by atoms with Crippen LogP contribution >= 0.6 is 0 Å². The third kappa shape index (κ3) is 0.933. The molecule has 0 amide bonds. The number of hydrogen-bond donors (Lipinski definition) is 0. The van der Waals surface area contributed by atoms with E-state index in [1.807, 2.05) is 0 Å². The van der Waals surface area contributed by atoms with Crippen molar-refractivity contribution in [3.05, 3.63) is 59.8 Å². The summed E-state index contributed by atoms with van der Waals surface area (Å²) in [6.45, 7) is 0. The second-order valence-electron chi connectivity index (χ2n) is 3.95. The van der Waals surface area contributed by atoms with E-state index in [-0.39, 0.29) is 0 Å². The van der Waals surface area contributed by atoms with Crippen LogP contribution < -0.4 is 0 Å². The minimum atomic E-state index is 0.479. The summed E-state index contributed by atoms with van der Waals surface area (Å²) in [6.07, 6.45) is 17.5. The number of hydrogen-bond acceptors (Lipinski definition) is 1. The Kier molecular flexibility index (Phi) is 1.62. The molecule has 2 atom stereocenters. The average molecular weight is 183 g/mol. The zero-order valence-corrected chi connectivity index (χ0v) is 8.22. The first kappa shape index (κ1) is 8.01. The Labute approximate surface area is 84.4 Å². The van der Waals surface area contributed by atoms with Crippen molar-refractivity contribution < 1.29 is 0 Å². The summed E-state index contributed by atoms with van der Waals surface area (Å²) in [6, 6.07) is 0.958. The number of likely N-dealkylation sites (N-methyl/N-ethyl adjacent to an activating group) is 1. The Bertz CT molecular complexity index is 369. The van der Waals surface area contributed by atoms with Gasteiger partial charge >= 0.3 is 0 Å². The SMILES string of the molecule is CN1C2C=CC=CC2=C2C=CC=CC21. The topological polar surface area (TPSA) is 3.24 Å². The molecule has 70 valence electrons. The van der Waals surface area contributed by atoms with Crippen molar-refractivity contribution in [1.29, 1.82) is 0 Å². The van der Waals surface area contributed by atoms with Gasteiger partial charge in [0.25, 0.3) is 0 Å². The lowest BCUT2D eigenvalue weighted by Crippen LogP contribution is -2.33. The van der Waals surface area contributed by atoms with Crippen LogP contribution in [-0.4, -0.2) is 24.0 Å². The Morgan fingerprint density at radius 3 is 1.86 bits per heavy atom. The largest absolute Gasteiger partial charge is 0.285 e. The standard InChI is InChI=1S/C13H13N/c1-14-12-8-4-2-6-10(12)11-7-3-5-9-13(11)14/h2-9,12-13H,1H3. The molecule has 0 radical (unpaired) electrons. The molecule has 14 heavy (non-hydrogen) atoms. The highest BCUT2D eigenvalue weighted by Gasteiger charge is 2.34. The van der Waals surface area contributed by atoms with Crippen LogP contribution in [0.1, 0.15) is 0 Å². The first-order valence-electron chi connectivity index (χ1n) is 5.03. The zero-order valence-electron chi connectivity index (χ0n) is 8.22. The molecular formula is C13H13N. The van der Waals surface area contributed by atoms with Gasteiger partial charge in [0, 0.05) is 0 Å². The van der Waals surface area contributed by atoms with Gasteiger partial charge in [-0.1, -0.05) is 48.6 Å². The molecule has 0 saturated carbocycles. The molecule has 0 aromatic carbocycles. The van der Waals surface area contributed by atoms with Crippen LogP contribution in [0, 0.1) is 0 Å². The van der Waals surface area contributed by atoms with Crippen LogP contribution in [0.2, 0.25) is 0 Å². The van der Waals surface area contributed by atoms with E-state index in [0.717, 1.165) is 0 Å². The fraction of sp³-hybridized carbons (Fsp3) is 0.231. The van der Waals surface area contributed by atoms with Crippen LogP contribution in [-0.2, 0) is 0 Å². The molecule has 1 heteroatoms. The smallest absolute Gasteiger partial charge is 0.0543 e. The Hall–Kier alpha value is -1.34. The minimum absolute atomic E-state index is 0.479. The monoisotopic (exact) mass is 183 g/mol. The predicted octanol–water partition coefficient (Wildman–Crippen LogP) is 2.22. The molecule has 0 N–H and O–H groups in total. The van der Waals surface area contributed by atoms with Crippen LogP contribution in [0.3, 0.4) is 0 Å². The maximum atomic E-state index is 2.41. The van der Waals surface area contributed by atoms with E-state index >= 15 is 0 Å². The van der Waals surface area contributed by atoms with Crippen LogP contribution in [0.5, 0.6) is 0 Å². The van der Waals surface area contributed by atoms with Gasteiger partial charge < -0.3 is 0 Å². The van der Waals surface area contributed by atoms with Gasteiger partial charge in [0.05, 0.1) is 12.1 Å². The van der Waals surface area contributed by atoms with Gasteiger partial charge in [-0.25, -0.2) is 0 Å². The minimum Gasteiger partial charge on any atom is -0.285 e. The Morgan fingerprint density at radius 2 is 1.36 bits per heavy atom. The number of rotatable bonds is 0. The normalized spacial score (nSPS) is 33.8. The molecule has 0 spiro atoms. The lowest BCUT2D eigenvalue weighted by atomic mass is 9.96. The van der Waals surface area contributed by atoms with Gasteiger partial charge in [-0.05, 0) is 18.2 Å². The molecule has 0 saturated heterocycles. The molecule has 0 aromatic rings. The molecule has 0 bridgehead atoms. The van der Waals surface area contributed by atoms with Crippen molar-refractivity contribution in [2.24, 2.45) is 0 Å². The van der Waals surface area contributed by atoms with Crippen molar-refractivity contribution in [2.45, 2.75) is 12.1 Å². The lowest BCUT2D eigenvalue weighted by Gasteiger charge is -2.24. The molecule has 3 rings (SSSR count). The van der Waals surface area contributed by atoms with Gasteiger partial charge in [0.15, 0.2) is 0 Å². The van der Waals surface area contributed by atoms with Gasteiger partial charge in [-0.2, -0.15) is 0 Å². The molecule has 1 heterocycles. The molecule has 3 aliphatic rings. The van der Waals surface area contributed by atoms with E-state index in [1.165, 1.54) is 11.1 Å². The summed E-state index contributed by atoms with van der Waals surface area (Å²) in [5.41, 5.74) is 2.92. The quantitative estimate of drug-likeness (QED) is 0.556. The van der Waals surface area contributed by atoms with E-state index in [4.69, 9.17) is 0 Å². The third-order valence-electron chi connectivity index (χ3n) is 3.21. The summed E-state index contributed by atoms with van der Waals surface area (Å²) in [5.74, 6) is 0. The van der Waals surface area contributed by atoms with E-state index in [9.17, 15) is 0 Å². The van der Waals surface area contributed by atoms with Crippen LogP contribution in [0.25, 0.3) is 0 Å². The summed E-state index contributed by atoms with van der Waals surface area (Å²) in [7, 11) is 2.19. The van der Waals surface area contributed by atoms with E-state index in [2.05, 4.69) is 60.6 Å². The molecule has 1 nitrogen and oxygen atoms in total. The summed E-state index contributed by atoms with van der Waals surface area (Å²) in [5, 5.41) is 0. The van der Waals surface area contributed by atoms with Crippen molar-refractivity contribution in [3.63, 3.8) is 0 Å². The number of fused-ring (bicyclic) bond motifs is 2. The third-order valence-corrected chi connectivity index (χ3v) is 3.21. The molecule has 1 aliphatic heterocycles. The summed E-state index contributed by atoms with van der Waals surface area (Å²) < 4.78 is 0. The van der Waals surface area contributed by atoms with Crippen LogP contribution in [0.4, 0.5) is 0 Å². The molecule has 2 unspecified atom stereocenters. The number of nitrogens with zero attached hydrogens (tertiary/aromatic N) is 1. The van der Waals surface area contributed by atoms with Gasteiger partial charge in [0.1, 0.15) is 0 Å². The molecule has 0 fully saturated rings. The number of allylic oxidation sites excluding steroid dienone is 4. The average Bonchev–Trinajstić information content (AvgIpc) is 2.55. The zero-order chi connectivity index (χ0) is 9.54. The van der Waals surface area contributed by atoms with Crippen molar-refractivity contribution in [2.75, 3.05) is 7.05 Å². The first-order valence-corrected chi connectivity index (χ1v) is 5.03. The van der Waals surface area contributed by atoms with Gasteiger partial charge in [0.2, 0.25) is 0 Å². The molecule has 2 aliphatic carbocycles. The fourth-order valence-electron chi connectivity index (χ4n) is 2.48. The van der Waals surface area contributed by atoms with E-state index < -0.39 is 0 Å². The maximum absolute atomic E-state index is 2.41. The van der Waals surface area contributed by atoms with E-state index in [1.54, 1.807) is 0 Å². The highest BCUT2D eigenvalue weighted by molar-refractivity contribution is 5.53. The fourth-order valence-corrected chi connectivity index (χ4v) is 2.48.